The predicted octanol–water partition coefficient (Wildman–Crippen LogP) is 0.286. The van der Waals surface area contributed by atoms with E-state index in [1.165, 1.54) is 29.2 Å². The molecule has 1 heterocycles. The number of benzene rings is 1. The fourth-order valence-electron chi connectivity index (χ4n) is 2.15. The number of esters is 1. The van der Waals surface area contributed by atoms with E-state index in [0.29, 0.717) is 5.56 Å². The molecular formula is C14H19FNO3+. The van der Waals surface area contributed by atoms with E-state index in [-0.39, 0.29) is 11.9 Å². The second kappa shape index (κ2) is 6.63. The number of ether oxygens (including phenoxy) is 2. The van der Waals surface area contributed by atoms with E-state index in [1.54, 1.807) is 0 Å². The van der Waals surface area contributed by atoms with Crippen LogP contribution in [0.1, 0.15) is 17.3 Å². The monoisotopic (exact) mass is 268 g/mol. The molecule has 0 bridgehead atoms. The Bertz CT molecular complexity index is 415. The molecule has 104 valence electrons. The summed E-state index contributed by atoms with van der Waals surface area (Å²) in [5, 5.41) is 0. The van der Waals surface area contributed by atoms with Crippen LogP contribution in [0.4, 0.5) is 4.39 Å². The van der Waals surface area contributed by atoms with Crippen LogP contribution in [0.2, 0.25) is 0 Å². The van der Waals surface area contributed by atoms with E-state index in [9.17, 15) is 9.18 Å². The smallest absolute Gasteiger partial charge is 0.338 e. The van der Waals surface area contributed by atoms with Gasteiger partial charge in [-0.1, -0.05) is 0 Å². The van der Waals surface area contributed by atoms with Crippen molar-refractivity contribution in [3.05, 3.63) is 35.6 Å². The number of nitrogens with one attached hydrogen (secondary N) is 1. The van der Waals surface area contributed by atoms with E-state index in [2.05, 4.69) is 0 Å². The molecule has 0 saturated carbocycles. The molecule has 1 saturated heterocycles. The Morgan fingerprint density at radius 3 is 2.63 bits per heavy atom. The second-order valence-corrected chi connectivity index (χ2v) is 4.79. The molecule has 0 amide bonds. The summed E-state index contributed by atoms with van der Waals surface area (Å²) in [5.41, 5.74) is 0.380. The van der Waals surface area contributed by atoms with Crippen molar-refractivity contribution in [1.82, 2.24) is 0 Å². The molecular weight excluding hydrogens is 249 g/mol. The molecule has 0 radical (unpaired) electrons. The molecule has 1 fully saturated rings. The van der Waals surface area contributed by atoms with Gasteiger partial charge in [-0.05, 0) is 31.2 Å². The zero-order valence-corrected chi connectivity index (χ0v) is 11.0. The second-order valence-electron chi connectivity index (χ2n) is 4.79. The molecule has 0 aromatic heterocycles. The van der Waals surface area contributed by atoms with Gasteiger partial charge < -0.3 is 14.4 Å². The van der Waals surface area contributed by atoms with Gasteiger partial charge in [-0.25, -0.2) is 9.18 Å². The Morgan fingerprint density at radius 2 is 2.00 bits per heavy atom. The van der Waals surface area contributed by atoms with E-state index in [4.69, 9.17) is 9.47 Å². The van der Waals surface area contributed by atoms with Crippen LogP contribution in [-0.4, -0.2) is 44.9 Å². The van der Waals surface area contributed by atoms with Crippen molar-refractivity contribution in [2.75, 3.05) is 32.8 Å². The van der Waals surface area contributed by atoms with Gasteiger partial charge in [-0.2, -0.15) is 0 Å². The highest BCUT2D eigenvalue weighted by Crippen LogP contribution is 2.05. The largest absolute Gasteiger partial charge is 0.453 e. The van der Waals surface area contributed by atoms with E-state index >= 15 is 0 Å². The fourth-order valence-corrected chi connectivity index (χ4v) is 2.15. The molecule has 4 nitrogen and oxygen atoms in total. The topological polar surface area (TPSA) is 40.0 Å². The number of rotatable bonds is 4. The minimum atomic E-state index is -0.403. The van der Waals surface area contributed by atoms with Crippen molar-refractivity contribution < 1.29 is 23.6 Å². The third kappa shape index (κ3) is 4.29. The van der Waals surface area contributed by atoms with Crippen LogP contribution >= 0.6 is 0 Å². The Balaban J connectivity index is 1.82. The summed E-state index contributed by atoms with van der Waals surface area (Å²) >= 11 is 0. The molecule has 1 atom stereocenters. The molecule has 1 unspecified atom stereocenters. The molecule has 0 spiro atoms. The first-order valence-electron chi connectivity index (χ1n) is 6.53. The van der Waals surface area contributed by atoms with Gasteiger partial charge in [0.2, 0.25) is 0 Å². The van der Waals surface area contributed by atoms with Gasteiger partial charge in [0.1, 0.15) is 31.6 Å². The Hall–Kier alpha value is -1.46. The number of hydrogen-bond acceptors (Lipinski definition) is 3. The fraction of sp³-hybridized carbons (Fsp3) is 0.500. The number of quaternary nitrogens is 1. The summed E-state index contributed by atoms with van der Waals surface area (Å²) in [6.45, 7) is 6.05. The maximum Gasteiger partial charge on any atom is 0.338 e. The molecule has 5 heteroatoms. The highest BCUT2D eigenvalue weighted by atomic mass is 19.1. The summed E-state index contributed by atoms with van der Waals surface area (Å²) in [5.74, 6) is -0.762. The molecule has 2 rings (SSSR count). The van der Waals surface area contributed by atoms with Crippen molar-refractivity contribution in [3.63, 3.8) is 0 Å². The van der Waals surface area contributed by atoms with Crippen LogP contribution in [0.25, 0.3) is 0 Å². The van der Waals surface area contributed by atoms with Gasteiger partial charge in [-0.3, -0.25) is 0 Å². The van der Waals surface area contributed by atoms with Crippen molar-refractivity contribution in [3.8, 4) is 0 Å². The third-order valence-corrected chi connectivity index (χ3v) is 3.16. The Morgan fingerprint density at radius 1 is 1.37 bits per heavy atom. The van der Waals surface area contributed by atoms with Gasteiger partial charge in [-0.15, -0.1) is 0 Å². The van der Waals surface area contributed by atoms with Gasteiger partial charge in [0.15, 0.2) is 0 Å². The summed E-state index contributed by atoms with van der Waals surface area (Å²) < 4.78 is 23.4. The van der Waals surface area contributed by atoms with Crippen molar-refractivity contribution in [2.45, 2.75) is 13.0 Å². The number of carbonyl (C=O) groups is 1. The molecule has 1 aliphatic rings. The van der Waals surface area contributed by atoms with E-state index in [1.807, 2.05) is 6.92 Å². The van der Waals surface area contributed by atoms with Gasteiger partial charge in [0.25, 0.3) is 0 Å². The van der Waals surface area contributed by atoms with Crippen LogP contribution in [0, 0.1) is 5.82 Å². The number of halogens is 1. The first-order valence-corrected chi connectivity index (χ1v) is 6.53. The van der Waals surface area contributed by atoms with Gasteiger partial charge in [0, 0.05) is 0 Å². The maximum atomic E-state index is 12.8. The van der Waals surface area contributed by atoms with Crippen LogP contribution < -0.4 is 4.90 Å². The molecule has 19 heavy (non-hydrogen) atoms. The average molecular weight is 268 g/mol. The number of hydrogen-bond donors (Lipinski definition) is 1. The molecule has 1 aliphatic heterocycles. The van der Waals surface area contributed by atoms with E-state index < -0.39 is 5.97 Å². The maximum absolute atomic E-state index is 12.8. The minimum absolute atomic E-state index is 0.161. The van der Waals surface area contributed by atoms with E-state index in [0.717, 1.165) is 32.8 Å². The lowest BCUT2D eigenvalue weighted by Crippen LogP contribution is -3.15. The Kier molecular flexibility index (Phi) is 4.87. The van der Waals surface area contributed by atoms with Crippen LogP contribution in [0.5, 0.6) is 0 Å². The molecule has 1 N–H and O–H groups in total. The minimum Gasteiger partial charge on any atom is -0.453 e. The number of morpholine rings is 1. The number of carbonyl (C=O) groups excluding carboxylic acids is 1. The average Bonchev–Trinajstić information content (AvgIpc) is 2.40. The van der Waals surface area contributed by atoms with Gasteiger partial charge in [0.05, 0.1) is 18.8 Å². The first kappa shape index (κ1) is 14.0. The standard InChI is InChI=1S/C14H18FNO3/c1-11(10-16-6-8-18-9-7-16)19-14(17)12-2-4-13(15)5-3-12/h2-5,11H,6-10H2,1H3/p+1. The summed E-state index contributed by atoms with van der Waals surface area (Å²) in [7, 11) is 0. The first-order chi connectivity index (χ1) is 9.15. The van der Waals surface area contributed by atoms with Crippen molar-refractivity contribution in [1.29, 1.82) is 0 Å². The van der Waals surface area contributed by atoms with Crippen molar-refractivity contribution >= 4 is 5.97 Å². The van der Waals surface area contributed by atoms with Crippen LogP contribution in [0.15, 0.2) is 24.3 Å². The van der Waals surface area contributed by atoms with Gasteiger partial charge >= 0.3 is 5.97 Å². The van der Waals surface area contributed by atoms with Crippen molar-refractivity contribution in [2.24, 2.45) is 0 Å². The SMILES string of the molecule is CC(C[NH+]1CCOCC1)OC(=O)c1ccc(F)cc1. The third-order valence-electron chi connectivity index (χ3n) is 3.16. The summed E-state index contributed by atoms with van der Waals surface area (Å²) in [4.78, 5) is 13.2. The summed E-state index contributed by atoms with van der Waals surface area (Å²) in [6.07, 6.45) is -0.161. The highest BCUT2D eigenvalue weighted by molar-refractivity contribution is 5.89. The zero-order valence-electron chi connectivity index (χ0n) is 11.0. The van der Waals surface area contributed by atoms with Crippen LogP contribution in [0.3, 0.4) is 0 Å². The lowest BCUT2D eigenvalue weighted by Gasteiger charge is -2.26. The molecule has 1 aromatic carbocycles. The predicted molar refractivity (Wildman–Crippen MR) is 67.7 cm³/mol. The molecule has 0 aliphatic carbocycles. The molecule has 1 aromatic rings. The highest BCUT2D eigenvalue weighted by Gasteiger charge is 2.20. The van der Waals surface area contributed by atoms with Crippen LogP contribution in [-0.2, 0) is 9.47 Å². The lowest BCUT2D eigenvalue weighted by atomic mass is 10.2. The summed E-state index contributed by atoms with van der Waals surface area (Å²) in [6, 6.07) is 5.39. The zero-order chi connectivity index (χ0) is 13.7. The quantitative estimate of drug-likeness (QED) is 0.798. The normalized spacial score (nSPS) is 18.0. The Labute approximate surface area is 112 Å². The lowest BCUT2D eigenvalue weighted by molar-refractivity contribution is -0.910.